The number of anilines is 1. The van der Waals surface area contributed by atoms with Crippen LogP contribution < -0.4 is 5.32 Å². The van der Waals surface area contributed by atoms with E-state index in [-0.39, 0.29) is 5.41 Å². The molecule has 22 heavy (non-hydrogen) atoms. The van der Waals surface area contributed by atoms with E-state index in [1.54, 1.807) is 13.4 Å². The molecule has 5 nitrogen and oxygen atoms in total. The number of hydrogen-bond acceptors (Lipinski definition) is 5. The van der Waals surface area contributed by atoms with E-state index in [0.29, 0.717) is 0 Å². The summed E-state index contributed by atoms with van der Waals surface area (Å²) >= 11 is 0. The Kier molecular flexibility index (Phi) is 4.25. The summed E-state index contributed by atoms with van der Waals surface area (Å²) in [5.41, 5.74) is 3.15. The van der Waals surface area contributed by atoms with Crippen LogP contribution in [-0.2, 0) is 4.74 Å². The minimum absolute atomic E-state index is 0.234. The summed E-state index contributed by atoms with van der Waals surface area (Å²) in [6, 6.07) is 2.08. The molecule has 1 fully saturated rings. The van der Waals surface area contributed by atoms with Crippen molar-refractivity contribution in [3.8, 4) is 0 Å². The molecule has 2 aromatic heterocycles. The van der Waals surface area contributed by atoms with E-state index in [1.807, 2.05) is 6.92 Å². The fraction of sp³-hybridized carbons (Fsp3) is 0.588. The van der Waals surface area contributed by atoms with Crippen molar-refractivity contribution in [2.45, 2.75) is 39.5 Å². The molecule has 0 amide bonds. The Morgan fingerprint density at radius 3 is 2.73 bits per heavy atom. The van der Waals surface area contributed by atoms with Gasteiger partial charge in [-0.2, -0.15) is 0 Å². The van der Waals surface area contributed by atoms with Gasteiger partial charge in [0.25, 0.3) is 0 Å². The third-order valence-electron chi connectivity index (χ3n) is 4.67. The predicted molar refractivity (Wildman–Crippen MR) is 88.1 cm³/mol. The van der Waals surface area contributed by atoms with Gasteiger partial charge >= 0.3 is 0 Å². The van der Waals surface area contributed by atoms with Crippen LogP contribution in [0, 0.1) is 19.3 Å². The van der Waals surface area contributed by atoms with Crippen molar-refractivity contribution in [2.75, 3.05) is 25.6 Å². The van der Waals surface area contributed by atoms with Crippen LogP contribution in [0.25, 0.3) is 11.0 Å². The number of aromatic nitrogens is 3. The Balaban J connectivity index is 1.88. The SMILES string of the molecule is COCC1(CNc2ncnc3nc(C)cc(C)c23)CCCC1. The van der Waals surface area contributed by atoms with Gasteiger partial charge < -0.3 is 10.1 Å². The normalized spacial score (nSPS) is 17.0. The minimum Gasteiger partial charge on any atom is -0.384 e. The third-order valence-corrected chi connectivity index (χ3v) is 4.67. The molecule has 1 aliphatic carbocycles. The summed E-state index contributed by atoms with van der Waals surface area (Å²) in [6.07, 6.45) is 6.60. The van der Waals surface area contributed by atoms with Crippen molar-refractivity contribution < 1.29 is 4.74 Å². The molecule has 0 atom stereocenters. The molecule has 5 heteroatoms. The lowest BCUT2D eigenvalue weighted by molar-refractivity contribution is 0.0923. The highest BCUT2D eigenvalue weighted by molar-refractivity contribution is 5.89. The number of methoxy groups -OCH3 is 1. The maximum absolute atomic E-state index is 5.46. The zero-order valence-electron chi connectivity index (χ0n) is 13.6. The first kappa shape index (κ1) is 15.2. The average Bonchev–Trinajstić information content (AvgIpc) is 2.94. The van der Waals surface area contributed by atoms with Crippen LogP contribution in [0.15, 0.2) is 12.4 Å². The maximum Gasteiger partial charge on any atom is 0.165 e. The van der Waals surface area contributed by atoms with Crippen LogP contribution in [0.3, 0.4) is 0 Å². The number of rotatable bonds is 5. The van der Waals surface area contributed by atoms with Gasteiger partial charge in [-0.05, 0) is 38.3 Å². The van der Waals surface area contributed by atoms with Crippen molar-refractivity contribution >= 4 is 16.9 Å². The smallest absolute Gasteiger partial charge is 0.165 e. The zero-order chi connectivity index (χ0) is 15.6. The highest BCUT2D eigenvalue weighted by Crippen LogP contribution is 2.38. The first-order valence-corrected chi connectivity index (χ1v) is 7.95. The summed E-state index contributed by atoms with van der Waals surface area (Å²) in [5.74, 6) is 0.886. The van der Waals surface area contributed by atoms with Gasteiger partial charge in [0.15, 0.2) is 5.65 Å². The quantitative estimate of drug-likeness (QED) is 0.918. The molecule has 0 radical (unpaired) electrons. The minimum atomic E-state index is 0.234. The molecule has 118 valence electrons. The van der Waals surface area contributed by atoms with Gasteiger partial charge in [-0.3, -0.25) is 0 Å². The van der Waals surface area contributed by atoms with Gasteiger partial charge in [0.05, 0.1) is 12.0 Å². The molecule has 1 aliphatic rings. The molecule has 1 N–H and O–H groups in total. The fourth-order valence-corrected chi connectivity index (χ4v) is 3.62. The molecule has 3 rings (SSSR count). The lowest BCUT2D eigenvalue weighted by Crippen LogP contribution is -2.31. The molecule has 0 unspecified atom stereocenters. The van der Waals surface area contributed by atoms with E-state index in [0.717, 1.165) is 41.3 Å². The van der Waals surface area contributed by atoms with Crippen LogP contribution in [0.2, 0.25) is 0 Å². The first-order chi connectivity index (χ1) is 10.6. The van der Waals surface area contributed by atoms with Crippen LogP contribution in [0.5, 0.6) is 0 Å². The fourth-order valence-electron chi connectivity index (χ4n) is 3.62. The molecule has 0 aromatic carbocycles. The molecular weight excluding hydrogens is 276 g/mol. The van der Waals surface area contributed by atoms with Crippen molar-refractivity contribution in [2.24, 2.45) is 5.41 Å². The number of fused-ring (bicyclic) bond motifs is 1. The van der Waals surface area contributed by atoms with Crippen LogP contribution in [-0.4, -0.2) is 35.2 Å². The first-order valence-electron chi connectivity index (χ1n) is 7.95. The molecule has 0 bridgehead atoms. The topological polar surface area (TPSA) is 59.9 Å². The lowest BCUT2D eigenvalue weighted by atomic mass is 9.87. The highest BCUT2D eigenvalue weighted by atomic mass is 16.5. The lowest BCUT2D eigenvalue weighted by Gasteiger charge is -2.28. The van der Waals surface area contributed by atoms with Gasteiger partial charge in [-0.15, -0.1) is 0 Å². The van der Waals surface area contributed by atoms with Crippen LogP contribution >= 0.6 is 0 Å². The summed E-state index contributed by atoms with van der Waals surface area (Å²) in [6.45, 7) is 5.78. The standard InChI is InChI=1S/C17H24N4O/c1-12-8-13(2)21-16-14(12)15(19-11-20-16)18-9-17(10-22-3)6-4-5-7-17/h8,11H,4-7,9-10H2,1-3H3,(H,18,19,20,21). The number of aryl methyl sites for hydroxylation is 2. The Bertz CT molecular complexity index is 665. The molecule has 1 saturated carbocycles. The van der Waals surface area contributed by atoms with Crippen molar-refractivity contribution in [3.05, 3.63) is 23.7 Å². The summed E-state index contributed by atoms with van der Waals surface area (Å²) in [7, 11) is 1.79. The van der Waals surface area contributed by atoms with Gasteiger partial charge in [-0.25, -0.2) is 15.0 Å². The zero-order valence-corrected chi connectivity index (χ0v) is 13.6. The molecule has 0 aliphatic heterocycles. The summed E-state index contributed by atoms with van der Waals surface area (Å²) in [5, 5.41) is 4.57. The highest BCUT2D eigenvalue weighted by Gasteiger charge is 2.34. The Morgan fingerprint density at radius 2 is 2.00 bits per heavy atom. The largest absolute Gasteiger partial charge is 0.384 e. The maximum atomic E-state index is 5.46. The number of hydrogen-bond donors (Lipinski definition) is 1. The Labute approximate surface area is 131 Å². The van der Waals surface area contributed by atoms with E-state index in [1.165, 1.54) is 25.7 Å². The van der Waals surface area contributed by atoms with E-state index in [9.17, 15) is 0 Å². The van der Waals surface area contributed by atoms with E-state index < -0.39 is 0 Å². The van der Waals surface area contributed by atoms with Crippen molar-refractivity contribution in [1.29, 1.82) is 0 Å². The Hall–Kier alpha value is -1.75. The number of nitrogens with one attached hydrogen (secondary N) is 1. The van der Waals surface area contributed by atoms with Gasteiger partial charge in [-0.1, -0.05) is 12.8 Å². The third kappa shape index (κ3) is 2.90. The van der Waals surface area contributed by atoms with Crippen molar-refractivity contribution in [1.82, 2.24) is 15.0 Å². The van der Waals surface area contributed by atoms with Gasteiger partial charge in [0, 0.05) is 24.8 Å². The van der Waals surface area contributed by atoms with Crippen molar-refractivity contribution in [3.63, 3.8) is 0 Å². The van der Waals surface area contributed by atoms with E-state index >= 15 is 0 Å². The average molecular weight is 300 g/mol. The number of nitrogens with zero attached hydrogens (tertiary/aromatic N) is 3. The van der Waals surface area contributed by atoms with E-state index in [2.05, 4.69) is 33.3 Å². The molecule has 2 heterocycles. The van der Waals surface area contributed by atoms with Crippen LogP contribution in [0.4, 0.5) is 5.82 Å². The van der Waals surface area contributed by atoms with Crippen LogP contribution in [0.1, 0.15) is 36.9 Å². The van der Waals surface area contributed by atoms with Gasteiger partial charge in [0.1, 0.15) is 12.1 Å². The second-order valence-corrected chi connectivity index (χ2v) is 6.50. The molecule has 0 spiro atoms. The number of ether oxygens (including phenoxy) is 1. The monoisotopic (exact) mass is 300 g/mol. The van der Waals surface area contributed by atoms with E-state index in [4.69, 9.17) is 4.74 Å². The molecule has 0 saturated heterocycles. The predicted octanol–water partition coefficient (Wildman–Crippen LogP) is 3.26. The molecular formula is C17H24N4O. The second kappa shape index (κ2) is 6.16. The Morgan fingerprint density at radius 1 is 1.23 bits per heavy atom. The number of pyridine rings is 1. The molecule has 2 aromatic rings. The summed E-state index contributed by atoms with van der Waals surface area (Å²) < 4.78 is 5.46. The summed E-state index contributed by atoms with van der Waals surface area (Å²) in [4.78, 5) is 13.3. The van der Waals surface area contributed by atoms with Gasteiger partial charge in [0.2, 0.25) is 0 Å². The second-order valence-electron chi connectivity index (χ2n) is 6.50.